The molecule has 2 aromatic rings. The minimum atomic E-state index is 0.410. The van der Waals surface area contributed by atoms with Crippen molar-refractivity contribution in [3.8, 4) is 0 Å². The zero-order valence-corrected chi connectivity index (χ0v) is 16.7. The van der Waals surface area contributed by atoms with E-state index in [1.165, 1.54) is 74.5 Å². The number of aryl methyl sites for hydroxylation is 1. The zero-order chi connectivity index (χ0) is 18.4. The Morgan fingerprint density at radius 2 is 1.73 bits per heavy atom. The van der Waals surface area contributed by atoms with Gasteiger partial charge in [-0.1, -0.05) is 81.8 Å². The van der Waals surface area contributed by atoms with Crippen LogP contribution in [-0.2, 0) is 11.8 Å². The second kappa shape index (κ2) is 8.75. The van der Waals surface area contributed by atoms with Crippen molar-refractivity contribution in [2.75, 3.05) is 5.73 Å². The first-order valence-electron chi connectivity index (χ1n) is 10.6. The molecule has 3 rings (SSSR count). The van der Waals surface area contributed by atoms with E-state index in [1.54, 1.807) is 5.56 Å². The van der Waals surface area contributed by atoms with Gasteiger partial charge < -0.3 is 5.73 Å². The fraction of sp³-hybridized carbons (Fsp3) is 0.520. The van der Waals surface area contributed by atoms with E-state index >= 15 is 0 Å². The van der Waals surface area contributed by atoms with Gasteiger partial charge in [0.2, 0.25) is 0 Å². The van der Waals surface area contributed by atoms with Crippen LogP contribution in [0, 0.1) is 6.92 Å². The highest BCUT2D eigenvalue weighted by Gasteiger charge is 2.34. The topological polar surface area (TPSA) is 26.0 Å². The van der Waals surface area contributed by atoms with Gasteiger partial charge in [0.05, 0.1) is 0 Å². The Morgan fingerprint density at radius 3 is 2.46 bits per heavy atom. The first-order chi connectivity index (χ1) is 12.6. The van der Waals surface area contributed by atoms with Gasteiger partial charge >= 0.3 is 0 Å². The fourth-order valence-corrected chi connectivity index (χ4v) is 4.86. The lowest BCUT2D eigenvalue weighted by atomic mass is 9.65. The Bertz CT molecular complexity index is 710. The van der Waals surface area contributed by atoms with Crippen LogP contribution in [0.15, 0.2) is 42.5 Å². The van der Waals surface area contributed by atoms with E-state index in [0.29, 0.717) is 5.41 Å². The molecule has 0 saturated heterocycles. The first-order valence-corrected chi connectivity index (χ1v) is 10.6. The Morgan fingerprint density at radius 1 is 0.962 bits per heavy atom. The molecule has 0 aromatic heterocycles. The van der Waals surface area contributed by atoms with Crippen LogP contribution in [0.3, 0.4) is 0 Å². The third-order valence-corrected chi connectivity index (χ3v) is 6.39. The number of rotatable bonds is 7. The van der Waals surface area contributed by atoms with Crippen molar-refractivity contribution in [2.24, 2.45) is 0 Å². The van der Waals surface area contributed by atoms with E-state index in [9.17, 15) is 0 Å². The Kier molecular flexibility index (Phi) is 6.40. The van der Waals surface area contributed by atoms with Crippen LogP contribution in [0.1, 0.15) is 87.0 Å². The van der Waals surface area contributed by atoms with E-state index in [1.807, 2.05) is 0 Å². The second-order valence-electron chi connectivity index (χ2n) is 8.32. The third-order valence-electron chi connectivity index (χ3n) is 6.39. The van der Waals surface area contributed by atoms with Gasteiger partial charge in [0.1, 0.15) is 0 Å². The quantitative estimate of drug-likeness (QED) is 0.425. The number of hydrogen-bond acceptors (Lipinski definition) is 1. The highest BCUT2D eigenvalue weighted by atomic mass is 14.5. The molecule has 140 valence electrons. The average molecular weight is 350 g/mol. The summed E-state index contributed by atoms with van der Waals surface area (Å²) < 4.78 is 0. The zero-order valence-electron chi connectivity index (χ0n) is 16.7. The van der Waals surface area contributed by atoms with Gasteiger partial charge in [0.25, 0.3) is 0 Å². The number of nitrogen functional groups attached to an aromatic ring is 1. The summed E-state index contributed by atoms with van der Waals surface area (Å²) in [5.41, 5.74) is 13.0. The molecule has 0 unspecified atom stereocenters. The van der Waals surface area contributed by atoms with Crippen LogP contribution < -0.4 is 5.73 Å². The lowest BCUT2D eigenvalue weighted by Crippen LogP contribution is -2.30. The predicted molar refractivity (Wildman–Crippen MR) is 114 cm³/mol. The van der Waals surface area contributed by atoms with Crippen LogP contribution in [0.4, 0.5) is 5.69 Å². The Hall–Kier alpha value is -1.76. The van der Waals surface area contributed by atoms with Crippen LogP contribution in [0.5, 0.6) is 0 Å². The van der Waals surface area contributed by atoms with Crippen molar-refractivity contribution in [1.29, 1.82) is 0 Å². The van der Waals surface area contributed by atoms with E-state index in [0.717, 1.165) is 12.1 Å². The third kappa shape index (κ3) is 4.31. The van der Waals surface area contributed by atoms with E-state index < -0.39 is 0 Å². The highest BCUT2D eigenvalue weighted by Crippen LogP contribution is 2.45. The van der Waals surface area contributed by atoms with Crippen molar-refractivity contribution < 1.29 is 0 Å². The lowest BCUT2D eigenvalue weighted by molar-refractivity contribution is 0.264. The summed E-state index contributed by atoms with van der Waals surface area (Å²) in [7, 11) is 0. The van der Waals surface area contributed by atoms with Crippen LogP contribution in [0.25, 0.3) is 0 Å². The van der Waals surface area contributed by atoms with Gasteiger partial charge in [-0.2, -0.15) is 0 Å². The summed E-state index contributed by atoms with van der Waals surface area (Å²) in [5, 5.41) is 0. The molecule has 0 bridgehead atoms. The second-order valence-corrected chi connectivity index (χ2v) is 8.32. The molecule has 0 amide bonds. The maximum Gasteiger partial charge on any atom is 0.0343 e. The summed E-state index contributed by atoms with van der Waals surface area (Å²) >= 11 is 0. The maximum atomic E-state index is 6.02. The Labute approximate surface area is 160 Å². The summed E-state index contributed by atoms with van der Waals surface area (Å²) in [4.78, 5) is 0. The highest BCUT2D eigenvalue weighted by molar-refractivity contribution is 5.49. The number of nitrogens with two attached hydrogens (primary N) is 1. The number of benzene rings is 2. The van der Waals surface area contributed by atoms with Crippen molar-refractivity contribution >= 4 is 5.69 Å². The predicted octanol–water partition coefficient (Wildman–Crippen LogP) is 6.95. The minimum Gasteiger partial charge on any atom is -0.399 e. The van der Waals surface area contributed by atoms with E-state index in [2.05, 4.69) is 56.3 Å². The largest absolute Gasteiger partial charge is 0.399 e. The molecule has 0 spiro atoms. The van der Waals surface area contributed by atoms with Gasteiger partial charge in [0.15, 0.2) is 0 Å². The summed E-state index contributed by atoms with van der Waals surface area (Å²) in [6, 6.07) is 15.8. The standard InChI is InChI=1S/C25H35N/c1-3-4-8-15-25(16-9-5-10-17-25)23-12-7-6-11-22(23)19-21-13-14-24(26)20(2)18-21/h6-7,11-14,18H,3-5,8-10,15-17,19,26H2,1-2H3. The number of anilines is 1. The molecule has 26 heavy (non-hydrogen) atoms. The normalized spacial score (nSPS) is 16.5. The molecule has 1 aliphatic carbocycles. The smallest absolute Gasteiger partial charge is 0.0343 e. The molecule has 1 heteroatoms. The molecule has 2 aromatic carbocycles. The summed E-state index contributed by atoms with van der Waals surface area (Å²) in [6.07, 6.45) is 13.3. The van der Waals surface area contributed by atoms with Crippen molar-refractivity contribution in [1.82, 2.24) is 0 Å². The SMILES string of the molecule is CCCCCC1(c2ccccc2Cc2ccc(N)c(C)c2)CCCCC1. The van der Waals surface area contributed by atoms with Gasteiger partial charge in [-0.3, -0.25) is 0 Å². The molecule has 0 aliphatic heterocycles. The molecule has 0 heterocycles. The summed E-state index contributed by atoms with van der Waals surface area (Å²) in [6.45, 7) is 4.42. The number of unbranched alkanes of at least 4 members (excludes halogenated alkanes) is 2. The minimum absolute atomic E-state index is 0.410. The number of hydrogen-bond donors (Lipinski definition) is 1. The first kappa shape index (κ1) is 19.0. The Balaban J connectivity index is 1.91. The van der Waals surface area contributed by atoms with Crippen molar-refractivity contribution in [2.45, 2.75) is 83.5 Å². The van der Waals surface area contributed by atoms with Gasteiger partial charge in [0, 0.05) is 5.69 Å². The molecule has 1 fully saturated rings. The van der Waals surface area contributed by atoms with Crippen LogP contribution in [0.2, 0.25) is 0 Å². The molecule has 1 saturated carbocycles. The molecule has 1 aliphatic rings. The average Bonchev–Trinajstić information content (AvgIpc) is 2.66. The molecular weight excluding hydrogens is 314 g/mol. The van der Waals surface area contributed by atoms with Crippen molar-refractivity contribution in [3.63, 3.8) is 0 Å². The maximum absolute atomic E-state index is 6.02. The van der Waals surface area contributed by atoms with Gasteiger partial charge in [-0.25, -0.2) is 0 Å². The van der Waals surface area contributed by atoms with E-state index in [4.69, 9.17) is 5.73 Å². The van der Waals surface area contributed by atoms with E-state index in [-0.39, 0.29) is 0 Å². The monoisotopic (exact) mass is 349 g/mol. The fourth-order valence-electron chi connectivity index (χ4n) is 4.86. The van der Waals surface area contributed by atoms with Crippen LogP contribution >= 0.6 is 0 Å². The molecule has 0 atom stereocenters. The molecule has 1 nitrogen and oxygen atoms in total. The van der Waals surface area contributed by atoms with Gasteiger partial charge in [-0.05, 0) is 66.3 Å². The van der Waals surface area contributed by atoms with Gasteiger partial charge in [-0.15, -0.1) is 0 Å². The molecular formula is C25H35N. The lowest BCUT2D eigenvalue weighted by Gasteiger charge is -2.39. The molecule has 0 radical (unpaired) electrons. The van der Waals surface area contributed by atoms with Crippen molar-refractivity contribution in [3.05, 3.63) is 64.7 Å². The summed E-state index contributed by atoms with van der Waals surface area (Å²) in [5.74, 6) is 0. The molecule has 2 N–H and O–H groups in total. The van der Waals surface area contributed by atoms with Crippen LogP contribution in [-0.4, -0.2) is 0 Å².